The zero-order chi connectivity index (χ0) is 16.4. The lowest BCUT2D eigenvalue weighted by atomic mass is 9.87. The molecule has 0 unspecified atom stereocenters. The van der Waals surface area contributed by atoms with Gasteiger partial charge in [0.05, 0.1) is 10.7 Å². The minimum Gasteiger partial charge on any atom is -0.384 e. The van der Waals surface area contributed by atoms with Crippen LogP contribution < -0.4 is 5.73 Å². The normalized spacial score (nSPS) is 17.2. The lowest BCUT2D eigenvalue weighted by Crippen LogP contribution is -2.34. The molecule has 1 aliphatic rings. The van der Waals surface area contributed by atoms with Gasteiger partial charge in [0.2, 0.25) is 5.95 Å². The Bertz CT molecular complexity index is 720. The largest absolute Gasteiger partial charge is 0.384 e. The Morgan fingerprint density at radius 3 is 2.78 bits per heavy atom. The van der Waals surface area contributed by atoms with E-state index in [4.69, 9.17) is 22.1 Å². The summed E-state index contributed by atoms with van der Waals surface area (Å²) < 4.78 is 33.7. The highest BCUT2D eigenvalue weighted by Crippen LogP contribution is 2.35. The molecule has 1 fully saturated rings. The summed E-state index contributed by atoms with van der Waals surface area (Å²) in [5.74, 6) is -0.419. The number of nitrogens with two attached hydrogens (primary N) is 1. The van der Waals surface area contributed by atoms with E-state index < -0.39 is 11.6 Å². The molecule has 1 saturated heterocycles. The van der Waals surface area contributed by atoms with Crippen LogP contribution >= 0.6 is 11.6 Å². The van der Waals surface area contributed by atoms with Crippen LogP contribution in [0, 0.1) is 5.95 Å². The number of nitrogens with zero attached hydrogens (tertiary/aromatic N) is 2. The monoisotopic (exact) mass is 339 g/mol. The molecule has 4 nitrogen and oxygen atoms in total. The summed E-state index contributed by atoms with van der Waals surface area (Å²) in [5.41, 5.74) is 5.75. The second kappa shape index (κ2) is 6.37. The predicted molar refractivity (Wildman–Crippen MR) is 84.4 cm³/mol. The Hall–Kier alpha value is -1.79. The lowest BCUT2D eigenvalue weighted by Gasteiger charge is -2.30. The molecule has 0 amide bonds. The van der Waals surface area contributed by atoms with Crippen LogP contribution in [0.15, 0.2) is 24.4 Å². The van der Waals surface area contributed by atoms with Crippen molar-refractivity contribution >= 4 is 17.4 Å². The summed E-state index contributed by atoms with van der Waals surface area (Å²) in [7, 11) is 0. The molecule has 0 bridgehead atoms. The molecule has 0 radical (unpaired) electrons. The highest BCUT2D eigenvalue weighted by Gasteiger charge is 2.33. The van der Waals surface area contributed by atoms with Gasteiger partial charge in [0.1, 0.15) is 11.5 Å². The minimum absolute atomic E-state index is 0.152. The Balaban J connectivity index is 2.03. The third-order valence-corrected chi connectivity index (χ3v) is 4.27. The van der Waals surface area contributed by atoms with Crippen LogP contribution in [0.4, 0.5) is 14.6 Å². The average Bonchev–Trinajstić information content (AvgIpc) is 2.52. The zero-order valence-corrected chi connectivity index (χ0v) is 13.1. The van der Waals surface area contributed by atoms with Crippen molar-refractivity contribution in [3.63, 3.8) is 0 Å². The third kappa shape index (κ3) is 3.59. The molecule has 2 N–H and O–H groups in total. The number of halogens is 3. The number of aromatic nitrogens is 2. The second-order valence-corrected chi connectivity index (χ2v) is 6.08. The maximum Gasteiger partial charge on any atom is 0.213 e. The van der Waals surface area contributed by atoms with Crippen molar-refractivity contribution in [2.24, 2.45) is 0 Å². The Labute approximate surface area is 137 Å². The van der Waals surface area contributed by atoms with E-state index in [1.165, 1.54) is 12.3 Å². The number of alkyl halides is 1. The number of rotatable bonds is 3. The first-order chi connectivity index (χ1) is 11.0. The smallest absolute Gasteiger partial charge is 0.213 e. The summed E-state index contributed by atoms with van der Waals surface area (Å²) in [6, 6.07) is 4.50. The van der Waals surface area contributed by atoms with E-state index in [9.17, 15) is 8.78 Å². The molecule has 0 spiro atoms. The van der Waals surface area contributed by atoms with Crippen molar-refractivity contribution in [2.45, 2.75) is 24.9 Å². The van der Waals surface area contributed by atoms with Gasteiger partial charge in [0.15, 0.2) is 0 Å². The molecule has 3 heterocycles. The summed E-state index contributed by atoms with van der Waals surface area (Å²) >= 11 is 6.11. The number of hydrogen-bond donors (Lipinski definition) is 1. The standard InChI is InChI=1S/C16H16ClF2N3O/c17-12-9-21-13(18)7-11(12)15-10(1-2-14(20)22-15)8-16(19)3-5-23-6-4-16/h1-2,7,9H,3-6,8H2,(H2,20,22). The first-order valence-corrected chi connectivity index (χ1v) is 7.68. The summed E-state index contributed by atoms with van der Waals surface area (Å²) in [5, 5.41) is 0.241. The maximum absolute atomic E-state index is 15.0. The fourth-order valence-corrected chi connectivity index (χ4v) is 2.92. The highest BCUT2D eigenvalue weighted by atomic mass is 35.5. The quantitative estimate of drug-likeness (QED) is 0.868. The molecule has 0 aromatic carbocycles. The van der Waals surface area contributed by atoms with Gasteiger partial charge in [-0.3, -0.25) is 0 Å². The molecule has 122 valence electrons. The number of ether oxygens (including phenoxy) is 1. The third-order valence-electron chi connectivity index (χ3n) is 3.97. The predicted octanol–water partition coefficient (Wildman–Crippen LogP) is 3.58. The molecular weight excluding hydrogens is 324 g/mol. The zero-order valence-electron chi connectivity index (χ0n) is 12.4. The van der Waals surface area contributed by atoms with E-state index in [0.717, 1.165) is 0 Å². The SMILES string of the molecule is Nc1ccc(CC2(F)CCOCC2)c(-c2cc(F)ncc2Cl)n1. The van der Waals surface area contributed by atoms with E-state index in [0.29, 0.717) is 42.9 Å². The van der Waals surface area contributed by atoms with Crippen molar-refractivity contribution in [1.82, 2.24) is 9.97 Å². The fourth-order valence-electron chi connectivity index (χ4n) is 2.73. The topological polar surface area (TPSA) is 61.0 Å². The van der Waals surface area contributed by atoms with E-state index in [-0.39, 0.29) is 17.3 Å². The first-order valence-electron chi connectivity index (χ1n) is 7.30. The summed E-state index contributed by atoms with van der Waals surface area (Å²) in [4.78, 5) is 7.74. The van der Waals surface area contributed by atoms with Gasteiger partial charge >= 0.3 is 0 Å². The summed E-state index contributed by atoms with van der Waals surface area (Å²) in [6.45, 7) is 0.776. The second-order valence-electron chi connectivity index (χ2n) is 5.67. The molecule has 7 heteroatoms. The minimum atomic E-state index is -1.37. The van der Waals surface area contributed by atoms with Crippen LogP contribution in [-0.2, 0) is 11.2 Å². The van der Waals surface area contributed by atoms with Crippen LogP contribution in [0.2, 0.25) is 5.02 Å². The summed E-state index contributed by atoms with van der Waals surface area (Å²) in [6.07, 6.45) is 1.99. The van der Waals surface area contributed by atoms with Crippen LogP contribution in [-0.4, -0.2) is 28.9 Å². The van der Waals surface area contributed by atoms with Crippen LogP contribution in [0.25, 0.3) is 11.3 Å². The van der Waals surface area contributed by atoms with Crippen molar-refractivity contribution in [3.8, 4) is 11.3 Å². The molecule has 3 rings (SSSR count). The van der Waals surface area contributed by atoms with Crippen LogP contribution in [0.5, 0.6) is 0 Å². The lowest BCUT2D eigenvalue weighted by molar-refractivity contribution is -0.00813. The molecule has 2 aromatic rings. The molecule has 0 saturated carbocycles. The Morgan fingerprint density at radius 1 is 1.30 bits per heavy atom. The van der Waals surface area contributed by atoms with Crippen molar-refractivity contribution < 1.29 is 13.5 Å². The van der Waals surface area contributed by atoms with Gasteiger partial charge in [-0.1, -0.05) is 17.7 Å². The van der Waals surface area contributed by atoms with Crippen molar-refractivity contribution in [2.75, 3.05) is 18.9 Å². The van der Waals surface area contributed by atoms with E-state index >= 15 is 0 Å². The molecule has 2 aromatic heterocycles. The maximum atomic E-state index is 15.0. The van der Waals surface area contributed by atoms with E-state index in [1.54, 1.807) is 12.1 Å². The van der Waals surface area contributed by atoms with E-state index in [2.05, 4.69) is 9.97 Å². The van der Waals surface area contributed by atoms with Gasteiger partial charge in [-0.05, 0) is 11.6 Å². The van der Waals surface area contributed by atoms with Gasteiger partial charge in [0, 0.05) is 50.3 Å². The van der Waals surface area contributed by atoms with Gasteiger partial charge in [0.25, 0.3) is 0 Å². The molecular formula is C16H16ClF2N3O. The number of pyridine rings is 2. The number of anilines is 1. The van der Waals surface area contributed by atoms with Crippen LogP contribution in [0.1, 0.15) is 18.4 Å². The molecule has 1 aliphatic heterocycles. The van der Waals surface area contributed by atoms with Gasteiger partial charge in [-0.2, -0.15) is 4.39 Å². The molecule has 0 aliphatic carbocycles. The van der Waals surface area contributed by atoms with Gasteiger partial charge < -0.3 is 10.5 Å². The van der Waals surface area contributed by atoms with E-state index in [1.807, 2.05) is 0 Å². The van der Waals surface area contributed by atoms with Crippen molar-refractivity contribution in [3.05, 3.63) is 40.9 Å². The Kier molecular flexibility index (Phi) is 4.46. The van der Waals surface area contributed by atoms with Gasteiger partial charge in [-0.15, -0.1) is 0 Å². The van der Waals surface area contributed by atoms with Crippen molar-refractivity contribution in [1.29, 1.82) is 0 Å². The first kappa shape index (κ1) is 16.1. The average molecular weight is 340 g/mol. The highest BCUT2D eigenvalue weighted by molar-refractivity contribution is 6.33. The Morgan fingerprint density at radius 2 is 2.04 bits per heavy atom. The van der Waals surface area contributed by atoms with Crippen LogP contribution in [0.3, 0.4) is 0 Å². The number of hydrogen-bond acceptors (Lipinski definition) is 4. The molecule has 23 heavy (non-hydrogen) atoms. The number of nitrogen functional groups attached to an aromatic ring is 1. The van der Waals surface area contributed by atoms with Gasteiger partial charge in [-0.25, -0.2) is 14.4 Å². The fraction of sp³-hybridized carbons (Fsp3) is 0.375. The molecule has 0 atom stereocenters.